The van der Waals surface area contributed by atoms with Crippen molar-refractivity contribution in [3.63, 3.8) is 0 Å². The molecule has 0 aromatic heterocycles. The van der Waals surface area contributed by atoms with Crippen molar-refractivity contribution in [3.05, 3.63) is 48.6 Å². The summed E-state index contributed by atoms with van der Waals surface area (Å²) in [5.41, 5.74) is 0. The molecule has 0 rings (SSSR count). The van der Waals surface area contributed by atoms with Crippen LogP contribution in [0, 0.1) is 5.92 Å². The van der Waals surface area contributed by atoms with Crippen LogP contribution in [0.4, 0.5) is 0 Å². The van der Waals surface area contributed by atoms with Crippen molar-refractivity contribution < 1.29 is 34.4 Å². The molecule has 0 bridgehead atoms. The Morgan fingerprint density at radius 3 is 1.62 bits per heavy atom. The summed E-state index contributed by atoms with van der Waals surface area (Å²) < 4.78 is 10.1. The van der Waals surface area contributed by atoms with E-state index < -0.39 is 24.3 Å². The van der Waals surface area contributed by atoms with Crippen LogP contribution in [0.2, 0.25) is 0 Å². The normalized spacial score (nSPS) is 14.5. The predicted molar refractivity (Wildman–Crippen MR) is 171 cm³/mol. The third-order valence-electron chi connectivity index (χ3n) is 6.71. The first-order valence-electron chi connectivity index (χ1n) is 16.2. The average Bonchev–Trinajstić information content (AvgIpc) is 2.96. The lowest BCUT2D eigenvalue weighted by atomic mass is 10.0. The van der Waals surface area contributed by atoms with Gasteiger partial charge in [-0.3, -0.25) is 9.59 Å². The van der Waals surface area contributed by atoms with Gasteiger partial charge in [-0.15, -0.1) is 0 Å². The Hall–Kier alpha value is -2.22. The Bertz CT molecular complexity index is 769. The van der Waals surface area contributed by atoms with Gasteiger partial charge in [0.25, 0.3) is 0 Å². The van der Waals surface area contributed by atoms with Crippen molar-refractivity contribution in [2.24, 2.45) is 5.92 Å². The average molecular weight is 593 g/mol. The van der Waals surface area contributed by atoms with E-state index in [1.165, 1.54) is 25.7 Å². The van der Waals surface area contributed by atoms with Gasteiger partial charge in [0, 0.05) is 12.8 Å². The number of aliphatic hydroxyl groups is 3. The van der Waals surface area contributed by atoms with Crippen LogP contribution in [0.15, 0.2) is 48.6 Å². The standard InChI is InChI=1S/C35H60O7/c1-4-5-6-7-8-9-10-11-12-13-17-20-24-32(37)33(38)25-22-27-35(40)42-29-31(36)28-41-34(39)26-21-18-15-14-16-19-23-30(2)3/h5-6,8-9,11-12,17,20,30-33,36-38H,4,7,10,13-16,18-19,21-29H2,1-3H3/b6-5-,9-8-,12-11-,20-17-/t31-,32-,33-/m0/s1. The van der Waals surface area contributed by atoms with E-state index in [9.17, 15) is 24.9 Å². The van der Waals surface area contributed by atoms with Crippen molar-refractivity contribution in [2.75, 3.05) is 13.2 Å². The SMILES string of the molecule is CC/C=C\C/C=C\C/C=C\C/C=C\C[C@H](O)[C@@H](O)CCCC(=O)OC[C@@H](O)COC(=O)CCCCCCCCC(C)C. The third-order valence-corrected chi connectivity index (χ3v) is 6.71. The van der Waals surface area contributed by atoms with E-state index in [0.29, 0.717) is 19.3 Å². The van der Waals surface area contributed by atoms with Crippen molar-refractivity contribution in [3.8, 4) is 0 Å². The van der Waals surface area contributed by atoms with Crippen LogP contribution in [0.5, 0.6) is 0 Å². The number of aliphatic hydroxyl groups excluding tert-OH is 3. The molecule has 0 saturated carbocycles. The lowest BCUT2D eigenvalue weighted by Gasteiger charge is -2.16. The zero-order chi connectivity index (χ0) is 31.3. The molecule has 3 atom stereocenters. The van der Waals surface area contributed by atoms with Gasteiger partial charge in [-0.05, 0) is 57.3 Å². The van der Waals surface area contributed by atoms with Crippen LogP contribution in [0.1, 0.15) is 124 Å². The zero-order valence-corrected chi connectivity index (χ0v) is 26.6. The molecule has 0 aliphatic heterocycles. The van der Waals surface area contributed by atoms with E-state index in [2.05, 4.69) is 57.2 Å². The van der Waals surface area contributed by atoms with Crippen LogP contribution in [0.3, 0.4) is 0 Å². The lowest BCUT2D eigenvalue weighted by molar-refractivity contribution is -0.152. The third kappa shape index (κ3) is 27.9. The maximum absolute atomic E-state index is 11.9. The van der Waals surface area contributed by atoms with Gasteiger partial charge in [0.05, 0.1) is 12.2 Å². The summed E-state index contributed by atoms with van der Waals surface area (Å²) >= 11 is 0. The Kier molecular flexibility index (Phi) is 27.4. The maximum atomic E-state index is 11.9. The molecule has 0 aliphatic rings. The molecule has 42 heavy (non-hydrogen) atoms. The van der Waals surface area contributed by atoms with E-state index in [0.717, 1.165) is 50.9 Å². The number of rotatable bonds is 27. The fourth-order valence-electron chi connectivity index (χ4n) is 4.12. The molecule has 242 valence electrons. The van der Waals surface area contributed by atoms with Crippen LogP contribution >= 0.6 is 0 Å². The lowest BCUT2D eigenvalue weighted by Crippen LogP contribution is -2.26. The molecule has 0 aromatic carbocycles. The largest absolute Gasteiger partial charge is 0.463 e. The quantitative estimate of drug-likeness (QED) is 0.0521. The Morgan fingerprint density at radius 1 is 0.595 bits per heavy atom. The second-order valence-electron chi connectivity index (χ2n) is 11.3. The first-order valence-corrected chi connectivity index (χ1v) is 16.2. The number of hydrogen-bond donors (Lipinski definition) is 3. The highest BCUT2D eigenvalue weighted by atomic mass is 16.6. The molecule has 0 aromatic rings. The molecule has 0 unspecified atom stereocenters. The molecule has 0 fully saturated rings. The summed E-state index contributed by atoms with van der Waals surface area (Å²) in [6, 6.07) is 0. The summed E-state index contributed by atoms with van der Waals surface area (Å²) in [7, 11) is 0. The summed E-state index contributed by atoms with van der Waals surface area (Å²) in [6.07, 6.45) is 26.5. The van der Waals surface area contributed by atoms with Crippen molar-refractivity contribution in [2.45, 2.75) is 142 Å². The fraction of sp³-hybridized carbons (Fsp3) is 0.714. The molecular weight excluding hydrogens is 532 g/mol. The Labute approximate surface area is 255 Å². The number of carbonyl (C=O) groups excluding carboxylic acids is 2. The van der Waals surface area contributed by atoms with Crippen LogP contribution in [0.25, 0.3) is 0 Å². The van der Waals surface area contributed by atoms with E-state index in [4.69, 9.17) is 9.47 Å². The molecule has 0 spiro atoms. The van der Waals surface area contributed by atoms with Crippen LogP contribution in [-0.4, -0.2) is 58.8 Å². The molecule has 0 amide bonds. The summed E-state index contributed by atoms with van der Waals surface area (Å²) in [5.74, 6) is -0.0992. The van der Waals surface area contributed by atoms with E-state index in [1.807, 2.05) is 12.2 Å². The van der Waals surface area contributed by atoms with Crippen molar-refractivity contribution in [1.29, 1.82) is 0 Å². The molecule has 7 nitrogen and oxygen atoms in total. The maximum Gasteiger partial charge on any atom is 0.305 e. The first-order chi connectivity index (χ1) is 20.3. The first kappa shape index (κ1) is 39.8. The van der Waals surface area contributed by atoms with E-state index in [1.54, 1.807) is 0 Å². The van der Waals surface area contributed by atoms with Gasteiger partial charge in [0.15, 0.2) is 0 Å². The minimum absolute atomic E-state index is 0.0672. The smallest absolute Gasteiger partial charge is 0.305 e. The minimum Gasteiger partial charge on any atom is -0.463 e. The highest BCUT2D eigenvalue weighted by Crippen LogP contribution is 2.13. The second-order valence-corrected chi connectivity index (χ2v) is 11.3. The Morgan fingerprint density at radius 2 is 1.07 bits per heavy atom. The van der Waals surface area contributed by atoms with Crippen LogP contribution < -0.4 is 0 Å². The molecule has 7 heteroatoms. The second kappa shape index (κ2) is 28.9. The fourth-order valence-corrected chi connectivity index (χ4v) is 4.12. The number of ether oxygens (including phenoxy) is 2. The van der Waals surface area contributed by atoms with Gasteiger partial charge in [-0.1, -0.05) is 108 Å². The van der Waals surface area contributed by atoms with Gasteiger partial charge in [-0.2, -0.15) is 0 Å². The molecule has 3 N–H and O–H groups in total. The topological polar surface area (TPSA) is 113 Å². The number of carbonyl (C=O) groups is 2. The number of allylic oxidation sites excluding steroid dienone is 7. The van der Waals surface area contributed by atoms with Gasteiger partial charge in [0.1, 0.15) is 19.3 Å². The van der Waals surface area contributed by atoms with E-state index >= 15 is 0 Å². The number of esters is 2. The summed E-state index contributed by atoms with van der Waals surface area (Å²) in [4.78, 5) is 23.8. The van der Waals surface area contributed by atoms with Crippen LogP contribution in [-0.2, 0) is 19.1 Å². The molecule has 0 saturated heterocycles. The number of unbranched alkanes of at least 4 members (excludes halogenated alkanes) is 5. The minimum atomic E-state index is -1.07. The van der Waals surface area contributed by atoms with Crippen molar-refractivity contribution in [1.82, 2.24) is 0 Å². The van der Waals surface area contributed by atoms with Gasteiger partial charge in [0.2, 0.25) is 0 Å². The highest BCUT2D eigenvalue weighted by molar-refractivity contribution is 5.69. The zero-order valence-electron chi connectivity index (χ0n) is 26.6. The highest BCUT2D eigenvalue weighted by Gasteiger charge is 2.16. The molecule has 0 radical (unpaired) electrons. The van der Waals surface area contributed by atoms with Gasteiger partial charge < -0.3 is 24.8 Å². The van der Waals surface area contributed by atoms with Gasteiger partial charge >= 0.3 is 11.9 Å². The predicted octanol–water partition coefficient (Wildman–Crippen LogP) is 7.30. The molecule has 0 aliphatic carbocycles. The summed E-state index contributed by atoms with van der Waals surface area (Å²) in [5, 5.41) is 30.2. The molecular formula is C35H60O7. The molecule has 0 heterocycles. The summed E-state index contributed by atoms with van der Waals surface area (Å²) in [6.45, 7) is 6.14. The number of hydrogen-bond acceptors (Lipinski definition) is 7. The monoisotopic (exact) mass is 592 g/mol. The van der Waals surface area contributed by atoms with Crippen molar-refractivity contribution >= 4 is 11.9 Å². The Balaban J connectivity index is 3.79. The van der Waals surface area contributed by atoms with E-state index in [-0.39, 0.29) is 32.0 Å². The van der Waals surface area contributed by atoms with Gasteiger partial charge in [-0.25, -0.2) is 0 Å².